The molecule has 3 heteroatoms. The van der Waals surface area contributed by atoms with Crippen LogP contribution in [0.25, 0.3) is 5.57 Å². The molecule has 1 fully saturated rings. The Morgan fingerprint density at radius 3 is 2.53 bits per heavy atom. The topological polar surface area (TPSA) is 3.24 Å². The van der Waals surface area contributed by atoms with Crippen molar-refractivity contribution in [1.82, 2.24) is 4.90 Å². The fourth-order valence-corrected chi connectivity index (χ4v) is 3.05. The first kappa shape index (κ1) is 12.9. The molecule has 2 aliphatic heterocycles. The highest BCUT2D eigenvalue weighted by Gasteiger charge is 2.33. The predicted octanol–water partition coefficient (Wildman–Crippen LogP) is 4.01. The van der Waals surface area contributed by atoms with Crippen LogP contribution in [0.2, 0.25) is 5.02 Å². The van der Waals surface area contributed by atoms with Gasteiger partial charge in [-0.2, -0.15) is 0 Å². The first-order valence-corrected chi connectivity index (χ1v) is 6.30. The lowest BCUT2D eigenvalue weighted by Crippen LogP contribution is -2.34. The van der Waals surface area contributed by atoms with E-state index in [1.54, 1.807) is 0 Å². The van der Waals surface area contributed by atoms with Crippen molar-refractivity contribution in [3.8, 4) is 0 Å². The third kappa shape index (κ3) is 2.37. The molecule has 2 heterocycles. The Labute approximate surface area is 114 Å². The number of rotatable bonds is 1. The van der Waals surface area contributed by atoms with E-state index >= 15 is 0 Å². The molecule has 3 rings (SSSR count). The maximum Gasteiger partial charge on any atom is 0.0406 e. The maximum atomic E-state index is 5.92. The molecule has 0 spiro atoms. The van der Waals surface area contributed by atoms with Gasteiger partial charge in [0.25, 0.3) is 0 Å². The van der Waals surface area contributed by atoms with E-state index in [0.717, 1.165) is 11.1 Å². The molecule has 2 atom stereocenters. The van der Waals surface area contributed by atoms with Crippen molar-refractivity contribution >= 4 is 29.6 Å². The maximum absolute atomic E-state index is 5.92. The fraction of sp³-hybridized carbons (Fsp3) is 0.429. The summed E-state index contributed by atoms with van der Waals surface area (Å²) in [5.74, 6) is 0. The van der Waals surface area contributed by atoms with E-state index < -0.39 is 0 Å². The predicted molar refractivity (Wildman–Crippen MR) is 75.9 cm³/mol. The highest BCUT2D eigenvalue weighted by atomic mass is 35.5. The van der Waals surface area contributed by atoms with E-state index in [-0.39, 0.29) is 12.4 Å². The molecule has 2 bridgehead atoms. The zero-order chi connectivity index (χ0) is 11.1. The summed E-state index contributed by atoms with van der Waals surface area (Å²) in [4.78, 5) is 2.51. The third-order valence-electron chi connectivity index (χ3n) is 3.96. The normalized spacial score (nSPS) is 27.5. The highest BCUT2D eigenvalue weighted by Crippen LogP contribution is 2.37. The summed E-state index contributed by atoms with van der Waals surface area (Å²) in [5.41, 5.74) is 2.84. The van der Waals surface area contributed by atoms with Crippen LogP contribution in [0.4, 0.5) is 0 Å². The molecule has 0 radical (unpaired) electrons. The summed E-state index contributed by atoms with van der Waals surface area (Å²) >= 11 is 5.92. The van der Waals surface area contributed by atoms with Crippen LogP contribution < -0.4 is 0 Å². The van der Waals surface area contributed by atoms with Crippen molar-refractivity contribution in [3.63, 3.8) is 0 Å². The average molecular weight is 270 g/mol. The van der Waals surface area contributed by atoms with Gasteiger partial charge in [0.15, 0.2) is 0 Å². The monoisotopic (exact) mass is 269 g/mol. The van der Waals surface area contributed by atoms with Gasteiger partial charge in [0.1, 0.15) is 0 Å². The van der Waals surface area contributed by atoms with Gasteiger partial charge in [0.05, 0.1) is 0 Å². The van der Waals surface area contributed by atoms with Crippen LogP contribution in [0, 0.1) is 0 Å². The molecule has 1 saturated heterocycles. The second-order valence-corrected chi connectivity index (χ2v) is 5.30. The quantitative estimate of drug-likeness (QED) is 0.745. The molecule has 0 aromatic heterocycles. The highest BCUT2D eigenvalue weighted by molar-refractivity contribution is 6.30. The Morgan fingerprint density at radius 1 is 1.18 bits per heavy atom. The van der Waals surface area contributed by atoms with E-state index in [0.29, 0.717) is 6.04 Å². The van der Waals surface area contributed by atoms with Gasteiger partial charge in [0.2, 0.25) is 0 Å². The Morgan fingerprint density at radius 2 is 1.88 bits per heavy atom. The molecule has 1 nitrogen and oxygen atoms in total. The largest absolute Gasteiger partial charge is 0.297 e. The lowest BCUT2D eigenvalue weighted by molar-refractivity contribution is 0.264. The third-order valence-corrected chi connectivity index (χ3v) is 4.21. The number of benzene rings is 1. The molecule has 0 aliphatic carbocycles. The fourth-order valence-electron chi connectivity index (χ4n) is 2.92. The van der Waals surface area contributed by atoms with E-state index in [9.17, 15) is 0 Å². The summed E-state index contributed by atoms with van der Waals surface area (Å²) in [5, 5.41) is 0.820. The lowest BCUT2D eigenvalue weighted by Gasteiger charge is -2.30. The molecule has 92 valence electrons. The minimum absolute atomic E-state index is 0. The molecule has 1 aromatic rings. The molecular weight excluding hydrogens is 253 g/mol. The number of likely N-dealkylation sites (N-methyl/N-ethyl adjacent to an activating group) is 1. The summed E-state index contributed by atoms with van der Waals surface area (Å²) in [6, 6.07) is 9.65. The van der Waals surface area contributed by atoms with Crippen LogP contribution in [0.1, 0.15) is 24.8 Å². The standard InChI is InChI=1S/C14H16ClN.ClH/c1-16-13-6-7-14(16)9-11(8-13)10-2-4-12(15)5-3-10;/h2-5,8,13-14H,6-7,9H2,1H3;1H. The Balaban J connectivity index is 0.00000108. The van der Waals surface area contributed by atoms with Crippen molar-refractivity contribution in [3.05, 3.63) is 40.9 Å². The number of hydrogen-bond acceptors (Lipinski definition) is 1. The van der Waals surface area contributed by atoms with E-state index in [1.165, 1.54) is 30.4 Å². The zero-order valence-corrected chi connectivity index (χ0v) is 11.5. The van der Waals surface area contributed by atoms with Gasteiger partial charge in [0, 0.05) is 17.1 Å². The Hall–Kier alpha value is -0.500. The molecule has 17 heavy (non-hydrogen) atoms. The summed E-state index contributed by atoms with van der Waals surface area (Å²) in [6.45, 7) is 0. The van der Waals surface area contributed by atoms with Crippen LogP contribution in [-0.2, 0) is 0 Å². The average Bonchev–Trinajstić information content (AvgIpc) is 2.54. The molecule has 0 amide bonds. The Kier molecular flexibility index (Phi) is 3.82. The van der Waals surface area contributed by atoms with Crippen LogP contribution in [0.3, 0.4) is 0 Å². The van der Waals surface area contributed by atoms with Crippen molar-refractivity contribution in [2.24, 2.45) is 0 Å². The van der Waals surface area contributed by atoms with Crippen molar-refractivity contribution in [1.29, 1.82) is 0 Å². The number of nitrogens with zero attached hydrogens (tertiary/aromatic N) is 1. The lowest BCUT2D eigenvalue weighted by atomic mass is 9.95. The second kappa shape index (κ2) is 5.01. The first-order chi connectivity index (χ1) is 7.74. The molecule has 2 unspecified atom stereocenters. The zero-order valence-electron chi connectivity index (χ0n) is 9.90. The van der Waals surface area contributed by atoms with Gasteiger partial charge in [-0.3, -0.25) is 4.90 Å². The molecule has 1 aromatic carbocycles. The molecule has 0 saturated carbocycles. The van der Waals surface area contributed by atoms with E-state index in [1.807, 2.05) is 12.1 Å². The number of fused-ring (bicyclic) bond motifs is 2. The van der Waals surface area contributed by atoms with Crippen LogP contribution in [0.5, 0.6) is 0 Å². The molecule has 0 N–H and O–H groups in total. The smallest absolute Gasteiger partial charge is 0.0406 e. The second-order valence-electron chi connectivity index (χ2n) is 4.87. The summed E-state index contributed by atoms with van der Waals surface area (Å²) in [7, 11) is 2.25. The number of halogens is 2. The van der Waals surface area contributed by atoms with Crippen molar-refractivity contribution in [2.45, 2.75) is 31.3 Å². The SMILES string of the molecule is CN1C2C=C(c3ccc(Cl)cc3)CC1CC2.Cl. The van der Waals surface area contributed by atoms with Gasteiger partial charge in [-0.1, -0.05) is 29.8 Å². The minimum atomic E-state index is 0. The Bertz CT molecular complexity index is 424. The van der Waals surface area contributed by atoms with Gasteiger partial charge < -0.3 is 0 Å². The van der Waals surface area contributed by atoms with E-state index in [2.05, 4.69) is 30.2 Å². The van der Waals surface area contributed by atoms with Gasteiger partial charge in [-0.15, -0.1) is 12.4 Å². The minimum Gasteiger partial charge on any atom is -0.297 e. The van der Waals surface area contributed by atoms with Gasteiger partial charge >= 0.3 is 0 Å². The van der Waals surface area contributed by atoms with E-state index in [4.69, 9.17) is 11.6 Å². The molecule has 2 aliphatic rings. The van der Waals surface area contributed by atoms with Crippen LogP contribution in [0.15, 0.2) is 30.3 Å². The van der Waals surface area contributed by atoms with Crippen LogP contribution in [-0.4, -0.2) is 24.0 Å². The summed E-state index contributed by atoms with van der Waals surface area (Å²) in [6.07, 6.45) is 6.29. The molecular formula is C14H17Cl2N. The summed E-state index contributed by atoms with van der Waals surface area (Å²) < 4.78 is 0. The van der Waals surface area contributed by atoms with Gasteiger partial charge in [-0.05, 0) is 49.6 Å². The van der Waals surface area contributed by atoms with Gasteiger partial charge in [-0.25, -0.2) is 0 Å². The van der Waals surface area contributed by atoms with Crippen molar-refractivity contribution in [2.75, 3.05) is 7.05 Å². The first-order valence-electron chi connectivity index (χ1n) is 5.92. The van der Waals surface area contributed by atoms with Crippen LogP contribution >= 0.6 is 24.0 Å². The van der Waals surface area contributed by atoms with Crippen molar-refractivity contribution < 1.29 is 0 Å². The number of hydrogen-bond donors (Lipinski definition) is 0.